The van der Waals surface area contributed by atoms with Crippen LogP contribution in [0.4, 0.5) is 0 Å². The van der Waals surface area contributed by atoms with Crippen LogP contribution in [-0.4, -0.2) is 41.4 Å². The van der Waals surface area contributed by atoms with E-state index in [2.05, 4.69) is 19.2 Å². The molecule has 0 heterocycles. The molecule has 100 valence electrons. The maximum Gasteiger partial charge on any atom is 0.0606 e. The SMILES string of the molecule is C=C=C(CCCCCCC)N(CCO)CCO. The molecule has 0 aromatic heterocycles. The average molecular weight is 241 g/mol. The van der Waals surface area contributed by atoms with Gasteiger partial charge in [-0.25, -0.2) is 0 Å². The monoisotopic (exact) mass is 241 g/mol. The maximum atomic E-state index is 8.96. The average Bonchev–Trinajstić information content (AvgIpc) is 2.34. The highest BCUT2D eigenvalue weighted by atomic mass is 16.3. The van der Waals surface area contributed by atoms with Crippen molar-refractivity contribution in [2.75, 3.05) is 26.3 Å². The van der Waals surface area contributed by atoms with Crippen LogP contribution in [0, 0.1) is 0 Å². The van der Waals surface area contributed by atoms with E-state index in [0.29, 0.717) is 13.1 Å². The maximum absolute atomic E-state index is 8.96. The van der Waals surface area contributed by atoms with E-state index in [1.165, 1.54) is 25.7 Å². The molecule has 0 spiro atoms. The molecule has 0 radical (unpaired) electrons. The van der Waals surface area contributed by atoms with Gasteiger partial charge in [0.15, 0.2) is 0 Å². The second-order valence-electron chi connectivity index (χ2n) is 4.22. The van der Waals surface area contributed by atoms with E-state index in [1.807, 2.05) is 4.90 Å². The molecule has 0 aliphatic heterocycles. The molecule has 2 N–H and O–H groups in total. The molecule has 17 heavy (non-hydrogen) atoms. The molecule has 0 aromatic carbocycles. The smallest absolute Gasteiger partial charge is 0.0606 e. The molecule has 0 bridgehead atoms. The minimum Gasteiger partial charge on any atom is -0.395 e. The van der Waals surface area contributed by atoms with Crippen LogP contribution < -0.4 is 0 Å². The van der Waals surface area contributed by atoms with Crippen LogP contribution in [0.15, 0.2) is 18.0 Å². The van der Waals surface area contributed by atoms with Crippen LogP contribution in [0.2, 0.25) is 0 Å². The fraction of sp³-hybridized carbons (Fsp3) is 0.786. The zero-order valence-electron chi connectivity index (χ0n) is 11.1. The minimum atomic E-state index is 0.0982. The topological polar surface area (TPSA) is 43.7 Å². The van der Waals surface area contributed by atoms with Gasteiger partial charge in [-0.2, -0.15) is 0 Å². The van der Waals surface area contributed by atoms with Crippen molar-refractivity contribution in [2.45, 2.75) is 45.4 Å². The third-order valence-electron chi connectivity index (χ3n) is 2.84. The zero-order chi connectivity index (χ0) is 12.9. The van der Waals surface area contributed by atoms with Gasteiger partial charge in [-0.15, -0.1) is 5.73 Å². The van der Waals surface area contributed by atoms with Crippen LogP contribution in [0.5, 0.6) is 0 Å². The fourth-order valence-electron chi connectivity index (χ4n) is 1.88. The Morgan fingerprint density at radius 3 is 2.12 bits per heavy atom. The third-order valence-corrected chi connectivity index (χ3v) is 2.84. The van der Waals surface area contributed by atoms with Crippen molar-refractivity contribution in [3.63, 3.8) is 0 Å². The summed E-state index contributed by atoms with van der Waals surface area (Å²) in [6.07, 6.45) is 7.12. The molecule has 0 aliphatic carbocycles. The molecule has 0 unspecified atom stereocenters. The Balaban J connectivity index is 3.98. The third kappa shape index (κ3) is 8.03. The Bertz CT molecular complexity index is 216. The van der Waals surface area contributed by atoms with Gasteiger partial charge in [0, 0.05) is 13.1 Å². The van der Waals surface area contributed by atoms with Gasteiger partial charge in [0.2, 0.25) is 0 Å². The number of hydrogen-bond acceptors (Lipinski definition) is 3. The van der Waals surface area contributed by atoms with Gasteiger partial charge < -0.3 is 15.1 Å². The largest absolute Gasteiger partial charge is 0.395 e. The first kappa shape index (κ1) is 16.2. The summed E-state index contributed by atoms with van der Waals surface area (Å²) in [5, 5.41) is 17.9. The Morgan fingerprint density at radius 1 is 1.06 bits per heavy atom. The molecule has 0 aliphatic rings. The standard InChI is InChI=1S/C14H27NO2/c1-3-5-6-7-8-9-14(4-2)15(10-12-16)11-13-17/h16-17H,2-3,5-13H2,1H3. The van der Waals surface area contributed by atoms with Crippen molar-refractivity contribution in [2.24, 2.45) is 0 Å². The van der Waals surface area contributed by atoms with Crippen LogP contribution in [0.3, 0.4) is 0 Å². The van der Waals surface area contributed by atoms with Gasteiger partial charge in [0.25, 0.3) is 0 Å². The lowest BCUT2D eigenvalue weighted by molar-refractivity contribution is 0.185. The zero-order valence-corrected chi connectivity index (χ0v) is 11.1. The number of rotatable bonds is 11. The highest BCUT2D eigenvalue weighted by Gasteiger charge is 2.07. The lowest BCUT2D eigenvalue weighted by atomic mass is 10.1. The number of allylic oxidation sites excluding steroid dienone is 1. The Morgan fingerprint density at radius 2 is 1.65 bits per heavy atom. The van der Waals surface area contributed by atoms with Gasteiger partial charge in [-0.1, -0.05) is 39.2 Å². The Hall–Kier alpha value is -0.760. The summed E-state index contributed by atoms with van der Waals surface area (Å²) in [7, 11) is 0. The number of nitrogens with zero attached hydrogens (tertiary/aromatic N) is 1. The molecule has 3 heteroatoms. The van der Waals surface area contributed by atoms with Crippen molar-refractivity contribution in [1.82, 2.24) is 4.90 Å². The molecule has 0 amide bonds. The first-order valence-electron chi connectivity index (χ1n) is 6.65. The van der Waals surface area contributed by atoms with E-state index in [-0.39, 0.29) is 13.2 Å². The molecule has 0 saturated carbocycles. The van der Waals surface area contributed by atoms with E-state index < -0.39 is 0 Å². The molecule has 0 saturated heterocycles. The molecule has 3 nitrogen and oxygen atoms in total. The number of aliphatic hydroxyl groups excluding tert-OH is 2. The van der Waals surface area contributed by atoms with Gasteiger partial charge >= 0.3 is 0 Å². The van der Waals surface area contributed by atoms with E-state index in [0.717, 1.165) is 18.5 Å². The second kappa shape index (κ2) is 11.7. The summed E-state index contributed by atoms with van der Waals surface area (Å²) in [5.74, 6) is 0. The van der Waals surface area contributed by atoms with E-state index in [4.69, 9.17) is 10.2 Å². The first-order valence-corrected chi connectivity index (χ1v) is 6.65. The van der Waals surface area contributed by atoms with Gasteiger partial charge in [-0.05, 0) is 12.8 Å². The van der Waals surface area contributed by atoms with Gasteiger partial charge in [0.1, 0.15) is 0 Å². The molecular weight excluding hydrogens is 214 g/mol. The lowest BCUT2D eigenvalue weighted by Crippen LogP contribution is -2.29. The fourth-order valence-corrected chi connectivity index (χ4v) is 1.88. The Kier molecular flexibility index (Phi) is 11.2. The quantitative estimate of drug-likeness (QED) is 0.431. The highest BCUT2D eigenvalue weighted by Crippen LogP contribution is 2.13. The number of aliphatic hydroxyl groups is 2. The highest BCUT2D eigenvalue weighted by molar-refractivity contribution is 4.98. The summed E-state index contributed by atoms with van der Waals surface area (Å²) >= 11 is 0. The van der Waals surface area contributed by atoms with Crippen molar-refractivity contribution >= 4 is 0 Å². The van der Waals surface area contributed by atoms with Crippen molar-refractivity contribution in [1.29, 1.82) is 0 Å². The second-order valence-corrected chi connectivity index (χ2v) is 4.22. The van der Waals surface area contributed by atoms with Crippen LogP contribution in [0.1, 0.15) is 45.4 Å². The minimum absolute atomic E-state index is 0.0982. The van der Waals surface area contributed by atoms with E-state index in [1.54, 1.807) is 0 Å². The summed E-state index contributed by atoms with van der Waals surface area (Å²) in [6.45, 7) is 7.20. The predicted octanol–water partition coefficient (Wildman–Crippen LogP) is 2.30. The normalized spacial score (nSPS) is 10.1. The van der Waals surface area contributed by atoms with Crippen LogP contribution in [0.25, 0.3) is 0 Å². The van der Waals surface area contributed by atoms with Crippen molar-refractivity contribution in [3.8, 4) is 0 Å². The van der Waals surface area contributed by atoms with E-state index >= 15 is 0 Å². The summed E-state index contributed by atoms with van der Waals surface area (Å²) in [5.41, 5.74) is 3.95. The first-order chi connectivity index (χ1) is 8.29. The van der Waals surface area contributed by atoms with Crippen molar-refractivity contribution < 1.29 is 10.2 Å². The molecule has 0 atom stereocenters. The summed E-state index contributed by atoms with van der Waals surface area (Å²) in [4.78, 5) is 1.97. The predicted molar refractivity (Wildman–Crippen MR) is 71.8 cm³/mol. The number of unbranched alkanes of at least 4 members (excludes halogenated alkanes) is 4. The van der Waals surface area contributed by atoms with Crippen LogP contribution in [-0.2, 0) is 0 Å². The van der Waals surface area contributed by atoms with Gasteiger partial charge in [0.05, 0.1) is 18.9 Å². The molecular formula is C14H27NO2. The lowest BCUT2D eigenvalue weighted by Gasteiger charge is -2.24. The Labute approximate surface area is 105 Å². The van der Waals surface area contributed by atoms with Crippen LogP contribution >= 0.6 is 0 Å². The molecule has 0 fully saturated rings. The van der Waals surface area contributed by atoms with Gasteiger partial charge in [-0.3, -0.25) is 0 Å². The number of hydrogen-bond donors (Lipinski definition) is 2. The summed E-state index contributed by atoms with van der Waals surface area (Å²) < 4.78 is 0. The van der Waals surface area contributed by atoms with Crippen molar-refractivity contribution in [3.05, 3.63) is 18.0 Å². The molecule has 0 rings (SSSR count). The molecule has 0 aromatic rings. The summed E-state index contributed by atoms with van der Waals surface area (Å²) in [6, 6.07) is 0. The van der Waals surface area contributed by atoms with E-state index in [9.17, 15) is 0 Å².